The van der Waals surface area contributed by atoms with Crippen LogP contribution in [0.1, 0.15) is 77.6 Å². The molecule has 0 spiro atoms. The third-order valence-electron chi connectivity index (χ3n) is 4.63. The summed E-state index contributed by atoms with van der Waals surface area (Å²) in [6, 6.07) is 6.52. The van der Waals surface area contributed by atoms with Crippen molar-refractivity contribution >= 4 is 11.6 Å². The standard InChI is InChI=1S/C27H39NO2/c1-2-3-4-5-6-7-8-9-10-11-12-13-14-15-16-17-18-19-20-27(30)28-25-21-23-26(29)24-22-25/h7-8,10-11,13-14,16-17,21-24,29H,2-6,9,12,15,18-20H2,1H3,(H,28,30)/b8-7+,11-10-,14-13-,17-16-. The zero-order valence-corrected chi connectivity index (χ0v) is 18.6. The number of anilines is 1. The van der Waals surface area contributed by atoms with Gasteiger partial charge in [-0.15, -0.1) is 0 Å². The van der Waals surface area contributed by atoms with Crippen molar-refractivity contribution in [2.75, 3.05) is 5.32 Å². The fourth-order valence-corrected chi connectivity index (χ4v) is 2.89. The van der Waals surface area contributed by atoms with Crippen molar-refractivity contribution in [1.82, 2.24) is 0 Å². The largest absolute Gasteiger partial charge is 0.508 e. The molecule has 0 aliphatic heterocycles. The summed E-state index contributed by atoms with van der Waals surface area (Å²) in [5, 5.41) is 12.1. The summed E-state index contributed by atoms with van der Waals surface area (Å²) in [6.45, 7) is 2.25. The minimum atomic E-state index is 0.00658. The van der Waals surface area contributed by atoms with Crippen molar-refractivity contribution in [3.05, 3.63) is 72.9 Å². The second kappa shape index (κ2) is 18.5. The van der Waals surface area contributed by atoms with Gasteiger partial charge in [-0.05, 0) is 69.2 Å². The van der Waals surface area contributed by atoms with E-state index in [1.807, 2.05) is 0 Å². The van der Waals surface area contributed by atoms with Gasteiger partial charge in [0, 0.05) is 12.1 Å². The lowest BCUT2D eigenvalue weighted by Gasteiger charge is -2.04. The zero-order chi connectivity index (χ0) is 21.7. The normalized spacial score (nSPS) is 12.0. The lowest BCUT2D eigenvalue weighted by Crippen LogP contribution is -2.10. The first-order chi connectivity index (χ1) is 14.7. The lowest BCUT2D eigenvalue weighted by atomic mass is 10.1. The average molecular weight is 410 g/mol. The summed E-state index contributed by atoms with van der Waals surface area (Å²) in [5.74, 6) is 0.205. The molecule has 1 aromatic rings. The van der Waals surface area contributed by atoms with Gasteiger partial charge < -0.3 is 10.4 Å². The maximum absolute atomic E-state index is 11.8. The molecule has 0 saturated carbocycles. The van der Waals surface area contributed by atoms with Crippen LogP contribution in [0.15, 0.2) is 72.9 Å². The van der Waals surface area contributed by atoms with Gasteiger partial charge in [-0.25, -0.2) is 0 Å². The highest BCUT2D eigenvalue weighted by molar-refractivity contribution is 5.90. The first-order valence-corrected chi connectivity index (χ1v) is 11.4. The van der Waals surface area contributed by atoms with E-state index >= 15 is 0 Å². The molecular formula is C27H39NO2. The Hall–Kier alpha value is -2.55. The quantitative estimate of drug-likeness (QED) is 0.166. The number of nitrogens with one attached hydrogen (secondary N) is 1. The van der Waals surface area contributed by atoms with E-state index in [9.17, 15) is 9.90 Å². The molecular weight excluding hydrogens is 370 g/mol. The van der Waals surface area contributed by atoms with Crippen LogP contribution in [0.25, 0.3) is 0 Å². The molecule has 0 unspecified atom stereocenters. The second-order valence-corrected chi connectivity index (χ2v) is 7.43. The summed E-state index contributed by atoms with van der Waals surface area (Å²) >= 11 is 0. The number of unbranched alkanes of at least 4 members (excludes halogenated alkanes) is 5. The van der Waals surface area contributed by atoms with Crippen LogP contribution >= 0.6 is 0 Å². The first kappa shape index (κ1) is 25.5. The Labute approximate surface area is 183 Å². The molecule has 0 aliphatic rings. The number of rotatable bonds is 16. The van der Waals surface area contributed by atoms with E-state index in [1.54, 1.807) is 24.3 Å². The molecule has 0 radical (unpaired) electrons. The van der Waals surface area contributed by atoms with E-state index in [2.05, 4.69) is 60.8 Å². The van der Waals surface area contributed by atoms with E-state index in [0.717, 1.165) is 32.1 Å². The molecule has 0 saturated heterocycles. The van der Waals surface area contributed by atoms with Gasteiger partial charge in [-0.2, -0.15) is 0 Å². The first-order valence-electron chi connectivity index (χ1n) is 11.4. The maximum atomic E-state index is 11.8. The van der Waals surface area contributed by atoms with Gasteiger partial charge in [-0.3, -0.25) is 4.79 Å². The molecule has 164 valence electrons. The molecule has 0 aliphatic carbocycles. The fourth-order valence-electron chi connectivity index (χ4n) is 2.89. The van der Waals surface area contributed by atoms with Gasteiger partial charge >= 0.3 is 0 Å². The van der Waals surface area contributed by atoms with Crippen molar-refractivity contribution in [2.45, 2.75) is 77.6 Å². The summed E-state index contributed by atoms with van der Waals surface area (Å²) in [5.41, 5.74) is 0.714. The van der Waals surface area contributed by atoms with Gasteiger partial charge in [0.25, 0.3) is 0 Å². The molecule has 3 nitrogen and oxygen atoms in total. The number of hydrogen-bond acceptors (Lipinski definition) is 2. The van der Waals surface area contributed by atoms with Gasteiger partial charge in [0.2, 0.25) is 5.91 Å². The molecule has 1 rings (SSSR count). The minimum Gasteiger partial charge on any atom is -0.508 e. The smallest absolute Gasteiger partial charge is 0.224 e. The van der Waals surface area contributed by atoms with Crippen LogP contribution in [-0.2, 0) is 4.79 Å². The van der Waals surface area contributed by atoms with Crippen molar-refractivity contribution in [2.24, 2.45) is 0 Å². The molecule has 2 N–H and O–H groups in total. The molecule has 0 atom stereocenters. The molecule has 0 heterocycles. The lowest BCUT2D eigenvalue weighted by molar-refractivity contribution is -0.116. The topological polar surface area (TPSA) is 49.3 Å². The summed E-state index contributed by atoms with van der Waals surface area (Å²) in [7, 11) is 0. The number of carbonyl (C=O) groups excluding carboxylic acids is 1. The van der Waals surface area contributed by atoms with Crippen molar-refractivity contribution in [3.8, 4) is 5.75 Å². The van der Waals surface area contributed by atoms with E-state index in [-0.39, 0.29) is 11.7 Å². The summed E-state index contributed by atoms with van der Waals surface area (Å²) in [6.07, 6.45) is 29.4. The van der Waals surface area contributed by atoms with Crippen LogP contribution in [-0.4, -0.2) is 11.0 Å². The number of carbonyl (C=O) groups is 1. The Morgan fingerprint density at radius 3 is 1.87 bits per heavy atom. The number of allylic oxidation sites excluding steroid dienone is 8. The highest BCUT2D eigenvalue weighted by atomic mass is 16.3. The molecule has 1 amide bonds. The number of aromatic hydroxyl groups is 1. The zero-order valence-electron chi connectivity index (χ0n) is 18.6. The Bertz CT molecular complexity index is 669. The molecule has 30 heavy (non-hydrogen) atoms. The van der Waals surface area contributed by atoms with Gasteiger partial charge in [0.05, 0.1) is 0 Å². The number of benzene rings is 1. The third-order valence-corrected chi connectivity index (χ3v) is 4.63. The Balaban J connectivity index is 1.96. The second-order valence-electron chi connectivity index (χ2n) is 7.43. The Kier molecular flexibility index (Phi) is 15.7. The molecule has 0 bridgehead atoms. The van der Waals surface area contributed by atoms with Gasteiger partial charge in [-0.1, -0.05) is 74.8 Å². The van der Waals surface area contributed by atoms with Gasteiger partial charge in [0.1, 0.15) is 5.75 Å². The maximum Gasteiger partial charge on any atom is 0.224 e. The van der Waals surface area contributed by atoms with Crippen LogP contribution in [0.5, 0.6) is 5.75 Å². The van der Waals surface area contributed by atoms with E-state index in [0.29, 0.717) is 12.1 Å². The molecule has 0 fully saturated rings. The van der Waals surface area contributed by atoms with E-state index < -0.39 is 0 Å². The highest BCUT2D eigenvalue weighted by Crippen LogP contribution is 2.14. The SMILES string of the molecule is CCCCCC/C=C/C/C=C\C/C=C\C/C=C\CCCC(=O)Nc1ccc(O)cc1. The van der Waals surface area contributed by atoms with Crippen LogP contribution in [0.2, 0.25) is 0 Å². The predicted molar refractivity (Wildman–Crippen MR) is 130 cm³/mol. The van der Waals surface area contributed by atoms with Crippen molar-refractivity contribution in [1.29, 1.82) is 0 Å². The van der Waals surface area contributed by atoms with Crippen LogP contribution < -0.4 is 5.32 Å². The Morgan fingerprint density at radius 1 is 0.767 bits per heavy atom. The molecule has 3 heteroatoms. The number of hydrogen-bond donors (Lipinski definition) is 2. The number of amides is 1. The number of phenolic OH excluding ortho intramolecular Hbond substituents is 1. The summed E-state index contributed by atoms with van der Waals surface area (Å²) < 4.78 is 0. The van der Waals surface area contributed by atoms with E-state index in [4.69, 9.17) is 0 Å². The Morgan fingerprint density at radius 2 is 1.30 bits per heavy atom. The minimum absolute atomic E-state index is 0.00658. The van der Waals surface area contributed by atoms with Gasteiger partial charge in [0.15, 0.2) is 0 Å². The fraction of sp³-hybridized carbons (Fsp3) is 0.444. The van der Waals surface area contributed by atoms with Crippen molar-refractivity contribution in [3.63, 3.8) is 0 Å². The summed E-state index contributed by atoms with van der Waals surface area (Å²) in [4.78, 5) is 11.8. The van der Waals surface area contributed by atoms with Crippen LogP contribution in [0, 0.1) is 0 Å². The highest BCUT2D eigenvalue weighted by Gasteiger charge is 2.01. The predicted octanol–water partition coefficient (Wildman–Crippen LogP) is 7.87. The average Bonchev–Trinajstić information content (AvgIpc) is 2.74. The molecule has 1 aromatic carbocycles. The van der Waals surface area contributed by atoms with Crippen LogP contribution in [0.3, 0.4) is 0 Å². The number of phenols is 1. The van der Waals surface area contributed by atoms with Crippen molar-refractivity contribution < 1.29 is 9.90 Å². The monoisotopic (exact) mass is 409 g/mol. The van der Waals surface area contributed by atoms with Crippen LogP contribution in [0.4, 0.5) is 5.69 Å². The van der Waals surface area contributed by atoms with E-state index in [1.165, 1.54) is 32.1 Å². The molecule has 0 aromatic heterocycles. The third kappa shape index (κ3) is 15.4.